The summed E-state index contributed by atoms with van der Waals surface area (Å²) in [6.07, 6.45) is 1.45. The molecule has 0 amide bonds. The fourth-order valence-corrected chi connectivity index (χ4v) is 2.40. The van der Waals surface area contributed by atoms with Crippen molar-refractivity contribution in [3.63, 3.8) is 0 Å². The normalized spacial score (nSPS) is 12.4. The molecule has 6 heteroatoms. The molecule has 4 N–H and O–H groups in total. The maximum absolute atomic E-state index is 13.0. The molecule has 2 aromatic rings. The van der Waals surface area contributed by atoms with E-state index >= 15 is 0 Å². The third kappa shape index (κ3) is 2.63. The molecular formula is C12H10BrClFN3. The van der Waals surface area contributed by atoms with E-state index in [1.807, 2.05) is 0 Å². The summed E-state index contributed by atoms with van der Waals surface area (Å²) in [7, 11) is 0. The molecule has 0 aliphatic rings. The largest absolute Gasteiger partial charge is 0.383 e. The maximum atomic E-state index is 13.0. The van der Waals surface area contributed by atoms with Crippen LogP contribution in [0.1, 0.15) is 17.2 Å². The second kappa shape index (κ2) is 5.22. The van der Waals surface area contributed by atoms with Crippen molar-refractivity contribution in [2.75, 3.05) is 5.73 Å². The van der Waals surface area contributed by atoms with Gasteiger partial charge in [0.2, 0.25) is 0 Å². The van der Waals surface area contributed by atoms with E-state index in [1.165, 1.54) is 18.3 Å². The van der Waals surface area contributed by atoms with Crippen molar-refractivity contribution in [2.24, 2.45) is 5.73 Å². The number of pyridine rings is 1. The summed E-state index contributed by atoms with van der Waals surface area (Å²) in [5, 5.41) is 0.452. The van der Waals surface area contributed by atoms with Crippen LogP contribution < -0.4 is 11.5 Å². The first-order chi connectivity index (χ1) is 8.49. The Morgan fingerprint density at radius 3 is 2.67 bits per heavy atom. The van der Waals surface area contributed by atoms with Gasteiger partial charge in [0.1, 0.15) is 11.6 Å². The number of halogens is 3. The van der Waals surface area contributed by atoms with Gasteiger partial charge in [-0.25, -0.2) is 9.37 Å². The number of rotatable bonds is 2. The number of nitrogens with two attached hydrogens (primary N) is 2. The van der Waals surface area contributed by atoms with Crippen LogP contribution in [0, 0.1) is 5.82 Å². The van der Waals surface area contributed by atoms with E-state index in [9.17, 15) is 4.39 Å². The zero-order valence-electron chi connectivity index (χ0n) is 9.20. The third-order valence-electron chi connectivity index (χ3n) is 2.55. The van der Waals surface area contributed by atoms with Gasteiger partial charge in [-0.2, -0.15) is 0 Å². The second-order valence-electron chi connectivity index (χ2n) is 3.77. The summed E-state index contributed by atoms with van der Waals surface area (Å²) >= 11 is 9.14. The van der Waals surface area contributed by atoms with Gasteiger partial charge in [-0.05, 0) is 23.8 Å². The number of aromatic nitrogens is 1. The van der Waals surface area contributed by atoms with Crippen molar-refractivity contribution in [1.82, 2.24) is 4.98 Å². The molecule has 18 heavy (non-hydrogen) atoms. The molecule has 0 saturated heterocycles. The van der Waals surface area contributed by atoms with Gasteiger partial charge in [0, 0.05) is 16.2 Å². The fraction of sp³-hybridized carbons (Fsp3) is 0.0833. The monoisotopic (exact) mass is 329 g/mol. The molecule has 1 atom stereocenters. The second-order valence-corrected chi connectivity index (χ2v) is 5.06. The Morgan fingerprint density at radius 2 is 2.00 bits per heavy atom. The van der Waals surface area contributed by atoms with E-state index in [4.69, 9.17) is 23.1 Å². The summed E-state index contributed by atoms with van der Waals surface area (Å²) in [5.74, 6) is -0.0295. The topological polar surface area (TPSA) is 64.9 Å². The first-order valence-electron chi connectivity index (χ1n) is 5.10. The molecule has 0 aliphatic heterocycles. The molecule has 0 bridgehead atoms. The van der Waals surface area contributed by atoms with E-state index < -0.39 is 6.04 Å². The number of anilines is 1. The van der Waals surface area contributed by atoms with E-state index in [0.29, 0.717) is 26.4 Å². The van der Waals surface area contributed by atoms with Crippen LogP contribution in [-0.4, -0.2) is 4.98 Å². The number of hydrogen-bond acceptors (Lipinski definition) is 3. The van der Waals surface area contributed by atoms with Crippen molar-refractivity contribution in [2.45, 2.75) is 6.04 Å². The van der Waals surface area contributed by atoms with Gasteiger partial charge in [-0.15, -0.1) is 0 Å². The number of hydrogen-bond donors (Lipinski definition) is 2. The van der Waals surface area contributed by atoms with Crippen LogP contribution in [0.5, 0.6) is 0 Å². The summed E-state index contributed by atoms with van der Waals surface area (Å²) in [6, 6.07) is 5.43. The van der Waals surface area contributed by atoms with Crippen LogP contribution in [0.2, 0.25) is 5.02 Å². The van der Waals surface area contributed by atoms with Gasteiger partial charge in [0.15, 0.2) is 0 Å². The number of nitrogens with zero attached hydrogens (tertiary/aromatic N) is 1. The minimum absolute atomic E-state index is 0.308. The molecule has 1 heterocycles. The van der Waals surface area contributed by atoms with Crippen molar-refractivity contribution < 1.29 is 4.39 Å². The first-order valence-corrected chi connectivity index (χ1v) is 6.27. The molecule has 0 aliphatic carbocycles. The molecule has 1 aromatic heterocycles. The van der Waals surface area contributed by atoms with Crippen LogP contribution in [0.25, 0.3) is 0 Å². The highest BCUT2D eigenvalue weighted by Gasteiger charge is 2.16. The summed E-state index contributed by atoms with van der Waals surface area (Å²) in [5.41, 5.74) is 13.2. The highest BCUT2D eigenvalue weighted by atomic mass is 79.9. The highest BCUT2D eigenvalue weighted by Crippen LogP contribution is 2.30. The molecule has 0 fully saturated rings. The minimum Gasteiger partial charge on any atom is -0.383 e. The molecular weight excluding hydrogens is 321 g/mol. The van der Waals surface area contributed by atoms with Crippen LogP contribution >= 0.6 is 27.5 Å². The van der Waals surface area contributed by atoms with Crippen LogP contribution in [0.15, 0.2) is 34.9 Å². The van der Waals surface area contributed by atoms with Crippen molar-refractivity contribution in [3.8, 4) is 0 Å². The van der Waals surface area contributed by atoms with Gasteiger partial charge >= 0.3 is 0 Å². The summed E-state index contributed by atoms with van der Waals surface area (Å²) < 4.78 is 13.6. The number of nitrogen functional groups attached to an aromatic ring is 1. The van der Waals surface area contributed by atoms with Crippen molar-refractivity contribution in [3.05, 3.63) is 56.9 Å². The van der Waals surface area contributed by atoms with Gasteiger partial charge < -0.3 is 11.5 Å². The zero-order chi connectivity index (χ0) is 13.3. The van der Waals surface area contributed by atoms with E-state index in [2.05, 4.69) is 20.9 Å². The van der Waals surface area contributed by atoms with Gasteiger partial charge in [0.25, 0.3) is 0 Å². The van der Waals surface area contributed by atoms with Gasteiger partial charge in [-0.1, -0.05) is 33.6 Å². The first kappa shape index (κ1) is 13.3. The lowest BCUT2D eigenvalue weighted by molar-refractivity contribution is 0.625. The lowest BCUT2D eigenvalue weighted by Gasteiger charge is -2.16. The standard InChI is InChI=1S/C12H10BrClFN3/c13-10-4-7(15)1-2-8(10)11(16)9-3-6(14)5-18-12(9)17/h1-5,11H,16H2,(H2,17,18). The smallest absolute Gasteiger partial charge is 0.128 e. The van der Waals surface area contributed by atoms with E-state index in [1.54, 1.807) is 12.1 Å². The summed E-state index contributed by atoms with van der Waals surface area (Å²) in [6.45, 7) is 0. The Labute approximate surface area is 117 Å². The number of benzene rings is 1. The average molecular weight is 331 g/mol. The SMILES string of the molecule is Nc1ncc(Cl)cc1C(N)c1ccc(F)cc1Br. The lowest BCUT2D eigenvalue weighted by Crippen LogP contribution is -2.15. The van der Waals surface area contributed by atoms with Gasteiger partial charge in [-0.3, -0.25) is 0 Å². The third-order valence-corrected chi connectivity index (χ3v) is 3.44. The molecule has 1 unspecified atom stereocenters. The van der Waals surface area contributed by atoms with E-state index in [0.717, 1.165) is 0 Å². The average Bonchev–Trinajstić information content (AvgIpc) is 2.31. The Balaban J connectivity index is 2.47. The van der Waals surface area contributed by atoms with Crippen LogP contribution in [0.4, 0.5) is 10.2 Å². The quantitative estimate of drug-likeness (QED) is 0.888. The Morgan fingerprint density at radius 1 is 1.28 bits per heavy atom. The van der Waals surface area contributed by atoms with E-state index in [-0.39, 0.29) is 5.82 Å². The predicted molar refractivity (Wildman–Crippen MR) is 73.8 cm³/mol. The molecule has 0 spiro atoms. The van der Waals surface area contributed by atoms with Crippen molar-refractivity contribution in [1.29, 1.82) is 0 Å². The Hall–Kier alpha value is -1.17. The summed E-state index contributed by atoms with van der Waals surface area (Å²) in [4.78, 5) is 3.95. The van der Waals surface area contributed by atoms with Crippen molar-refractivity contribution >= 4 is 33.3 Å². The minimum atomic E-state index is -0.522. The Kier molecular flexibility index (Phi) is 3.85. The molecule has 0 radical (unpaired) electrons. The maximum Gasteiger partial charge on any atom is 0.128 e. The molecule has 0 saturated carbocycles. The lowest BCUT2D eigenvalue weighted by atomic mass is 10.0. The molecule has 94 valence electrons. The molecule has 3 nitrogen and oxygen atoms in total. The zero-order valence-corrected chi connectivity index (χ0v) is 11.5. The Bertz CT molecular complexity index is 592. The fourth-order valence-electron chi connectivity index (χ4n) is 1.64. The molecule has 2 rings (SSSR count). The highest BCUT2D eigenvalue weighted by molar-refractivity contribution is 9.10. The van der Waals surface area contributed by atoms with Gasteiger partial charge in [0.05, 0.1) is 11.1 Å². The van der Waals surface area contributed by atoms with Crippen LogP contribution in [-0.2, 0) is 0 Å². The molecule has 1 aromatic carbocycles. The predicted octanol–water partition coefficient (Wildman–Crippen LogP) is 3.27. The van der Waals surface area contributed by atoms with Crippen LogP contribution in [0.3, 0.4) is 0 Å².